The molecule has 1 aromatic heterocycles. The molecule has 0 fully saturated rings. The second-order valence-electron chi connectivity index (χ2n) is 5.09. The van der Waals surface area contributed by atoms with Crippen LogP contribution in [0.25, 0.3) is 0 Å². The maximum atomic E-state index is 5.99. The molecule has 2 aromatic rings. The van der Waals surface area contributed by atoms with E-state index in [1.165, 1.54) is 11.1 Å². The molecule has 0 amide bonds. The lowest BCUT2D eigenvalue weighted by Gasteiger charge is -2.10. The van der Waals surface area contributed by atoms with E-state index < -0.39 is 0 Å². The summed E-state index contributed by atoms with van der Waals surface area (Å²) >= 11 is 9.56. The van der Waals surface area contributed by atoms with Crippen LogP contribution in [0.4, 0.5) is 0 Å². The van der Waals surface area contributed by atoms with Gasteiger partial charge in [0.1, 0.15) is 5.75 Å². The summed E-state index contributed by atoms with van der Waals surface area (Å²) in [7, 11) is 0. The summed E-state index contributed by atoms with van der Waals surface area (Å²) < 4.78 is 8.88. The molecule has 1 aliphatic heterocycles. The lowest BCUT2D eigenvalue weighted by Crippen LogP contribution is -2.06. The molecule has 1 aromatic carbocycles. The standard InChI is InChI=1S/C15H16BrClN2O/c1-9-14(7-17)10(2)19(18-9)8-12-6-13(16)5-11-3-4-20-15(11)12/h5-6H,3-4,7-8H2,1-2H3. The lowest BCUT2D eigenvalue weighted by atomic mass is 10.1. The number of benzene rings is 1. The Labute approximate surface area is 132 Å². The molecule has 0 N–H and O–H groups in total. The summed E-state index contributed by atoms with van der Waals surface area (Å²) in [5.41, 5.74) is 5.69. The van der Waals surface area contributed by atoms with Gasteiger partial charge in [0.25, 0.3) is 0 Å². The molecule has 0 bridgehead atoms. The molecule has 5 heteroatoms. The molecule has 0 saturated heterocycles. The zero-order valence-corrected chi connectivity index (χ0v) is 13.9. The predicted molar refractivity (Wildman–Crippen MR) is 83.7 cm³/mol. The Morgan fingerprint density at radius 3 is 2.90 bits per heavy atom. The van der Waals surface area contributed by atoms with E-state index in [2.05, 4.69) is 40.1 Å². The smallest absolute Gasteiger partial charge is 0.127 e. The van der Waals surface area contributed by atoms with Crippen LogP contribution in [-0.4, -0.2) is 16.4 Å². The monoisotopic (exact) mass is 354 g/mol. The number of ether oxygens (including phenoxy) is 1. The van der Waals surface area contributed by atoms with Crippen molar-refractivity contribution in [3.63, 3.8) is 0 Å². The number of halogens is 2. The molecule has 1 aliphatic rings. The van der Waals surface area contributed by atoms with Crippen LogP contribution in [0, 0.1) is 13.8 Å². The molecule has 0 aliphatic carbocycles. The summed E-state index contributed by atoms with van der Waals surface area (Å²) in [6.45, 7) is 5.55. The van der Waals surface area contributed by atoms with Gasteiger partial charge in [0.2, 0.25) is 0 Å². The van der Waals surface area contributed by atoms with E-state index in [0.29, 0.717) is 12.4 Å². The van der Waals surface area contributed by atoms with Gasteiger partial charge in [-0.2, -0.15) is 5.10 Å². The zero-order chi connectivity index (χ0) is 14.3. The van der Waals surface area contributed by atoms with Gasteiger partial charge in [0.15, 0.2) is 0 Å². The highest BCUT2D eigenvalue weighted by Crippen LogP contribution is 2.33. The van der Waals surface area contributed by atoms with Crippen molar-refractivity contribution in [2.75, 3.05) is 6.61 Å². The molecule has 0 radical (unpaired) electrons. The summed E-state index contributed by atoms with van der Waals surface area (Å²) in [5, 5.41) is 4.59. The van der Waals surface area contributed by atoms with Gasteiger partial charge in [-0.3, -0.25) is 4.68 Å². The predicted octanol–water partition coefficient (Wildman–Crippen LogP) is 3.98. The quantitative estimate of drug-likeness (QED) is 0.779. The van der Waals surface area contributed by atoms with Gasteiger partial charge in [0, 0.05) is 27.7 Å². The fourth-order valence-corrected chi connectivity index (χ4v) is 3.65. The van der Waals surface area contributed by atoms with Gasteiger partial charge in [-0.15, -0.1) is 11.6 Å². The molecule has 106 valence electrons. The van der Waals surface area contributed by atoms with Gasteiger partial charge in [-0.05, 0) is 31.5 Å². The molecule has 0 saturated carbocycles. The minimum absolute atomic E-state index is 0.505. The van der Waals surface area contributed by atoms with E-state index in [0.717, 1.165) is 40.2 Å². The van der Waals surface area contributed by atoms with Crippen molar-refractivity contribution in [1.29, 1.82) is 0 Å². The Morgan fingerprint density at radius 2 is 2.20 bits per heavy atom. The van der Waals surface area contributed by atoms with E-state index in [4.69, 9.17) is 16.3 Å². The normalized spacial score (nSPS) is 13.4. The first kappa shape index (κ1) is 14.0. The first-order valence-electron chi connectivity index (χ1n) is 6.63. The highest BCUT2D eigenvalue weighted by Gasteiger charge is 2.19. The molecule has 0 atom stereocenters. The average Bonchev–Trinajstić information content (AvgIpc) is 2.95. The number of rotatable bonds is 3. The van der Waals surface area contributed by atoms with Crippen molar-refractivity contribution in [2.45, 2.75) is 32.7 Å². The fraction of sp³-hybridized carbons (Fsp3) is 0.400. The zero-order valence-electron chi connectivity index (χ0n) is 11.5. The molecule has 2 heterocycles. The second-order valence-corrected chi connectivity index (χ2v) is 6.28. The van der Waals surface area contributed by atoms with E-state index in [1.807, 2.05) is 11.6 Å². The Hall–Kier alpha value is -1.00. The van der Waals surface area contributed by atoms with Gasteiger partial charge in [0.05, 0.1) is 24.7 Å². The number of alkyl halides is 1. The van der Waals surface area contributed by atoms with Crippen molar-refractivity contribution in [1.82, 2.24) is 9.78 Å². The van der Waals surface area contributed by atoms with Crippen molar-refractivity contribution in [3.8, 4) is 5.75 Å². The van der Waals surface area contributed by atoms with Crippen LogP contribution in [0.3, 0.4) is 0 Å². The van der Waals surface area contributed by atoms with E-state index in [9.17, 15) is 0 Å². The summed E-state index contributed by atoms with van der Waals surface area (Å²) in [4.78, 5) is 0. The Bertz CT molecular complexity index is 666. The average molecular weight is 356 g/mol. The lowest BCUT2D eigenvalue weighted by molar-refractivity contribution is 0.352. The van der Waals surface area contributed by atoms with Crippen LogP contribution in [0.5, 0.6) is 5.75 Å². The number of aryl methyl sites for hydroxylation is 1. The number of nitrogens with zero attached hydrogens (tertiary/aromatic N) is 2. The highest BCUT2D eigenvalue weighted by atomic mass is 79.9. The third-order valence-electron chi connectivity index (χ3n) is 3.81. The first-order chi connectivity index (χ1) is 9.60. The van der Waals surface area contributed by atoms with Crippen molar-refractivity contribution < 1.29 is 4.74 Å². The maximum Gasteiger partial charge on any atom is 0.127 e. The Morgan fingerprint density at radius 1 is 1.40 bits per heavy atom. The van der Waals surface area contributed by atoms with Crippen molar-refractivity contribution >= 4 is 27.5 Å². The largest absolute Gasteiger partial charge is 0.493 e. The molecular formula is C15H16BrClN2O. The second kappa shape index (κ2) is 5.41. The van der Waals surface area contributed by atoms with Gasteiger partial charge in [-0.25, -0.2) is 0 Å². The first-order valence-corrected chi connectivity index (χ1v) is 7.96. The minimum atomic E-state index is 0.505. The van der Waals surface area contributed by atoms with Crippen LogP contribution in [0.1, 0.15) is 28.1 Å². The molecule has 3 nitrogen and oxygen atoms in total. The van der Waals surface area contributed by atoms with Gasteiger partial charge < -0.3 is 4.74 Å². The third kappa shape index (κ3) is 2.35. The summed E-state index contributed by atoms with van der Waals surface area (Å²) in [6.07, 6.45) is 0.978. The SMILES string of the molecule is Cc1nn(Cc2cc(Br)cc3c2OCC3)c(C)c1CCl. The number of fused-ring (bicyclic) bond motifs is 1. The van der Waals surface area contributed by atoms with Gasteiger partial charge >= 0.3 is 0 Å². The highest BCUT2D eigenvalue weighted by molar-refractivity contribution is 9.10. The van der Waals surface area contributed by atoms with Crippen LogP contribution in [0.2, 0.25) is 0 Å². The molecule has 0 unspecified atom stereocenters. The van der Waals surface area contributed by atoms with E-state index in [1.54, 1.807) is 0 Å². The van der Waals surface area contributed by atoms with E-state index >= 15 is 0 Å². The summed E-state index contributed by atoms with van der Waals surface area (Å²) in [6, 6.07) is 4.25. The van der Waals surface area contributed by atoms with Crippen LogP contribution >= 0.6 is 27.5 Å². The van der Waals surface area contributed by atoms with Crippen LogP contribution < -0.4 is 4.74 Å². The molecule has 0 spiro atoms. The third-order valence-corrected chi connectivity index (χ3v) is 4.54. The molecule has 20 heavy (non-hydrogen) atoms. The fourth-order valence-electron chi connectivity index (χ4n) is 2.71. The number of hydrogen-bond acceptors (Lipinski definition) is 2. The van der Waals surface area contributed by atoms with Crippen molar-refractivity contribution in [2.24, 2.45) is 0 Å². The van der Waals surface area contributed by atoms with E-state index in [-0.39, 0.29) is 0 Å². The Balaban J connectivity index is 2.00. The van der Waals surface area contributed by atoms with Crippen LogP contribution in [-0.2, 0) is 18.8 Å². The minimum Gasteiger partial charge on any atom is -0.493 e. The maximum absolute atomic E-state index is 5.99. The van der Waals surface area contributed by atoms with Gasteiger partial charge in [-0.1, -0.05) is 15.9 Å². The number of hydrogen-bond donors (Lipinski definition) is 0. The summed E-state index contributed by atoms with van der Waals surface area (Å²) in [5.74, 6) is 1.53. The topological polar surface area (TPSA) is 27.1 Å². The van der Waals surface area contributed by atoms with Crippen molar-refractivity contribution in [3.05, 3.63) is 44.7 Å². The van der Waals surface area contributed by atoms with Crippen LogP contribution in [0.15, 0.2) is 16.6 Å². The number of aromatic nitrogens is 2. The Kier molecular flexibility index (Phi) is 3.78. The molecule has 3 rings (SSSR count). The molecular weight excluding hydrogens is 340 g/mol.